The molecule has 0 aromatic carbocycles. The number of carbonyl (C=O) groups is 2. The highest BCUT2D eigenvalue weighted by molar-refractivity contribution is 5.78. The first kappa shape index (κ1) is 20.8. The van der Waals surface area contributed by atoms with Gasteiger partial charge in [-0.3, -0.25) is 9.59 Å². The van der Waals surface area contributed by atoms with Gasteiger partial charge in [0.25, 0.3) is 0 Å². The van der Waals surface area contributed by atoms with Crippen molar-refractivity contribution in [2.45, 2.75) is 109 Å². The maximum Gasteiger partial charge on any atom is 0.310 e. The van der Waals surface area contributed by atoms with Crippen LogP contribution in [0, 0.1) is 41.4 Å². The van der Waals surface area contributed by atoms with Gasteiger partial charge in [-0.2, -0.15) is 0 Å². The Labute approximate surface area is 181 Å². The Kier molecular flexibility index (Phi) is 5.64. The molecule has 1 saturated heterocycles. The Morgan fingerprint density at radius 1 is 1.03 bits per heavy atom. The van der Waals surface area contributed by atoms with Gasteiger partial charge < -0.3 is 9.47 Å². The molecule has 0 amide bonds. The third-order valence-corrected chi connectivity index (χ3v) is 9.78. The van der Waals surface area contributed by atoms with Crippen molar-refractivity contribution in [1.29, 1.82) is 0 Å². The average Bonchev–Trinajstić information content (AvgIpc) is 3.41. The minimum atomic E-state index is -0.445. The van der Waals surface area contributed by atoms with Gasteiger partial charge in [0.2, 0.25) is 0 Å². The third kappa shape index (κ3) is 3.14. The Hall–Kier alpha value is -1.06. The van der Waals surface area contributed by atoms with Gasteiger partial charge in [-0.05, 0) is 62.7 Å². The van der Waals surface area contributed by atoms with Crippen molar-refractivity contribution in [1.82, 2.24) is 0 Å². The van der Waals surface area contributed by atoms with Crippen molar-refractivity contribution in [2.24, 2.45) is 41.4 Å². The van der Waals surface area contributed by atoms with Crippen molar-refractivity contribution in [3.05, 3.63) is 0 Å². The smallest absolute Gasteiger partial charge is 0.310 e. The molecule has 30 heavy (non-hydrogen) atoms. The first-order valence-corrected chi connectivity index (χ1v) is 13.0. The minimum Gasteiger partial charge on any atom is -0.462 e. The zero-order valence-electron chi connectivity index (χ0n) is 18.9. The van der Waals surface area contributed by atoms with Crippen LogP contribution in [-0.4, -0.2) is 23.6 Å². The summed E-state index contributed by atoms with van der Waals surface area (Å²) in [4.78, 5) is 26.4. The van der Waals surface area contributed by atoms with Crippen molar-refractivity contribution in [3.8, 4) is 0 Å². The molecular formula is C26H40O4. The summed E-state index contributed by atoms with van der Waals surface area (Å²) in [6.07, 6.45) is 15.2. The highest BCUT2D eigenvalue weighted by Gasteiger charge is 2.70. The van der Waals surface area contributed by atoms with Gasteiger partial charge in [0.1, 0.15) is 11.7 Å². The molecule has 0 aromatic heterocycles. The van der Waals surface area contributed by atoms with Crippen molar-refractivity contribution >= 4 is 11.9 Å². The summed E-state index contributed by atoms with van der Waals surface area (Å²) in [6, 6.07) is 0. The van der Waals surface area contributed by atoms with E-state index in [-0.39, 0.29) is 35.8 Å². The van der Waals surface area contributed by atoms with E-state index in [0.717, 1.165) is 44.9 Å². The molecule has 5 fully saturated rings. The van der Waals surface area contributed by atoms with E-state index in [4.69, 9.17) is 9.47 Å². The predicted octanol–water partition coefficient (Wildman–Crippen LogP) is 5.67. The summed E-state index contributed by atoms with van der Waals surface area (Å²) < 4.78 is 12.7. The van der Waals surface area contributed by atoms with Gasteiger partial charge in [-0.1, -0.05) is 52.4 Å². The number of fused-ring (bicyclic) bond motifs is 1. The first-order chi connectivity index (χ1) is 14.6. The minimum absolute atomic E-state index is 0.0145. The molecule has 6 atom stereocenters. The zero-order chi connectivity index (χ0) is 20.9. The van der Waals surface area contributed by atoms with E-state index in [9.17, 15) is 9.59 Å². The number of ether oxygens (including phenoxy) is 2. The Morgan fingerprint density at radius 2 is 1.63 bits per heavy atom. The largest absolute Gasteiger partial charge is 0.462 e. The van der Waals surface area contributed by atoms with E-state index >= 15 is 0 Å². The fourth-order valence-corrected chi connectivity index (χ4v) is 8.30. The lowest BCUT2D eigenvalue weighted by molar-refractivity contribution is -0.209. The van der Waals surface area contributed by atoms with Gasteiger partial charge in [-0.25, -0.2) is 0 Å². The highest BCUT2D eigenvalue weighted by Crippen LogP contribution is 2.65. The summed E-state index contributed by atoms with van der Waals surface area (Å²) in [5.41, 5.74) is -0.445. The van der Waals surface area contributed by atoms with E-state index in [0.29, 0.717) is 23.7 Å². The van der Waals surface area contributed by atoms with E-state index in [1.54, 1.807) is 0 Å². The maximum atomic E-state index is 13.4. The monoisotopic (exact) mass is 416 g/mol. The summed E-state index contributed by atoms with van der Waals surface area (Å²) >= 11 is 0. The van der Waals surface area contributed by atoms with Gasteiger partial charge in [0.15, 0.2) is 0 Å². The molecule has 1 aliphatic heterocycles. The molecule has 4 aliphatic carbocycles. The van der Waals surface area contributed by atoms with Crippen LogP contribution in [0.4, 0.5) is 0 Å². The van der Waals surface area contributed by atoms with Crippen LogP contribution in [0.15, 0.2) is 0 Å². The Bertz CT molecular complexity index is 640. The number of hydrogen-bond donors (Lipinski definition) is 0. The Balaban J connectivity index is 1.59. The second-order valence-electron chi connectivity index (χ2n) is 11.2. The second kappa shape index (κ2) is 8.13. The van der Waals surface area contributed by atoms with E-state index in [1.165, 1.54) is 38.5 Å². The number of esters is 2. The molecular weight excluding hydrogens is 376 g/mol. The fourth-order valence-electron chi connectivity index (χ4n) is 8.30. The molecule has 4 nitrogen and oxygen atoms in total. The fraction of sp³-hybridized carbons (Fsp3) is 0.923. The van der Waals surface area contributed by atoms with Crippen molar-refractivity contribution < 1.29 is 19.1 Å². The topological polar surface area (TPSA) is 52.6 Å². The van der Waals surface area contributed by atoms with Crippen molar-refractivity contribution in [2.75, 3.05) is 0 Å². The van der Waals surface area contributed by atoms with E-state index in [2.05, 4.69) is 6.92 Å². The summed E-state index contributed by atoms with van der Waals surface area (Å²) in [5.74, 6) is 1.79. The molecule has 0 spiro atoms. The SMILES string of the molecule is CCC(C)C(=O)OC(C1CCCCC1)(C1CCCCC1)C1C2CC3OC(=O)C1C3C2. The summed E-state index contributed by atoms with van der Waals surface area (Å²) in [5, 5.41) is 0. The molecule has 4 saturated carbocycles. The molecule has 0 aromatic rings. The standard InChI is InChI=1S/C26H40O4/c1-3-16(2)24(27)30-26(18-10-6-4-7-11-18,19-12-8-5-9-13-19)23-17-14-20-21(15-17)29-25(28)22(20)23/h16-23H,3-15H2,1-2H3. The molecule has 6 unspecified atom stereocenters. The second-order valence-corrected chi connectivity index (χ2v) is 11.2. The lowest BCUT2D eigenvalue weighted by atomic mass is 9.56. The van der Waals surface area contributed by atoms with Crippen LogP contribution >= 0.6 is 0 Å². The molecule has 1 heterocycles. The van der Waals surface area contributed by atoms with Gasteiger partial charge >= 0.3 is 11.9 Å². The average molecular weight is 417 g/mol. The molecule has 168 valence electrons. The zero-order valence-corrected chi connectivity index (χ0v) is 18.9. The normalized spacial score (nSPS) is 37.9. The van der Waals surface area contributed by atoms with E-state index in [1.807, 2.05) is 6.92 Å². The molecule has 4 heteroatoms. The van der Waals surface area contributed by atoms with Crippen LogP contribution in [0.25, 0.3) is 0 Å². The predicted molar refractivity (Wildman–Crippen MR) is 115 cm³/mol. The van der Waals surface area contributed by atoms with Crippen LogP contribution in [-0.2, 0) is 19.1 Å². The van der Waals surface area contributed by atoms with Crippen LogP contribution in [0.3, 0.4) is 0 Å². The maximum absolute atomic E-state index is 13.4. The van der Waals surface area contributed by atoms with Crippen LogP contribution in [0.2, 0.25) is 0 Å². The lowest BCUT2D eigenvalue weighted by Crippen LogP contribution is -2.59. The summed E-state index contributed by atoms with van der Waals surface area (Å²) in [6.45, 7) is 4.08. The third-order valence-electron chi connectivity index (χ3n) is 9.78. The van der Waals surface area contributed by atoms with Gasteiger partial charge in [0, 0.05) is 11.8 Å². The number of hydrogen-bond acceptors (Lipinski definition) is 4. The molecule has 0 N–H and O–H groups in total. The van der Waals surface area contributed by atoms with Gasteiger partial charge in [-0.15, -0.1) is 0 Å². The number of rotatable bonds is 6. The van der Waals surface area contributed by atoms with Gasteiger partial charge in [0.05, 0.1) is 11.8 Å². The van der Waals surface area contributed by atoms with Crippen molar-refractivity contribution in [3.63, 3.8) is 0 Å². The first-order valence-electron chi connectivity index (χ1n) is 13.0. The van der Waals surface area contributed by atoms with E-state index < -0.39 is 5.60 Å². The molecule has 0 radical (unpaired) electrons. The number of carbonyl (C=O) groups excluding carboxylic acids is 2. The molecule has 5 rings (SSSR count). The molecule has 2 bridgehead atoms. The van der Waals surface area contributed by atoms with Crippen LogP contribution in [0.5, 0.6) is 0 Å². The van der Waals surface area contributed by atoms with Crippen LogP contribution < -0.4 is 0 Å². The molecule has 5 aliphatic rings. The quantitative estimate of drug-likeness (QED) is 0.523. The van der Waals surface area contributed by atoms with Crippen LogP contribution in [0.1, 0.15) is 97.3 Å². The summed E-state index contributed by atoms with van der Waals surface area (Å²) in [7, 11) is 0. The lowest BCUT2D eigenvalue weighted by Gasteiger charge is -2.54. The Morgan fingerprint density at radius 3 is 2.20 bits per heavy atom. The highest BCUT2D eigenvalue weighted by atomic mass is 16.6.